The molecular weight excluding hydrogens is 211 g/mol. The summed E-state index contributed by atoms with van der Waals surface area (Å²) in [5.74, 6) is 0.216. The van der Waals surface area contributed by atoms with Gasteiger partial charge < -0.3 is 10.5 Å². The maximum atomic E-state index is 11.7. The third-order valence-electron chi connectivity index (χ3n) is 1.50. The molecule has 84 valence electrons. The van der Waals surface area contributed by atoms with Gasteiger partial charge in [-0.05, 0) is 6.42 Å². The van der Waals surface area contributed by atoms with E-state index in [-0.39, 0.29) is 24.9 Å². The van der Waals surface area contributed by atoms with Gasteiger partial charge in [0.15, 0.2) is 0 Å². The molecule has 1 aromatic heterocycles. The highest BCUT2D eigenvalue weighted by atomic mass is 19.4. The average molecular weight is 221 g/mol. The fraction of sp³-hybridized carbons (Fsp3) is 0.500. The van der Waals surface area contributed by atoms with Crippen molar-refractivity contribution in [2.45, 2.75) is 19.0 Å². The quantitative estimate of drug-likeness (QED) is 0.787. The van der Waals surface area contributed by atoms with Crippen LogP contribution in [-0.4, -0.2) is 22.8 Å². The molecule has 2 N–H and O–H groups in total. The molecule has 0 spiro atoms. The molecule has 4 nitrogen and oxygen atoms in total. The number of aromatic nitrogens is 2. The second-order valence-corrected chi connectivity index (χ2v) is 2.82. The number of halogens is 3. The molecular formula is C8H10F3N3O. The summed E-state index contributed by atoms with van der Waals surface area (Å²) in [6, 6.07) is 1.43. The van der Waals surface area contributed by atoms with Gasteiger partial charge in [-0.1, -0.05) is 0 Å². The minimum Gasteiger partial charge on any atom is -0.478 e. The summed E-state index contributed by atoms with van der Waals surface area (Å²) in [5, 5.41) is 0. The van der Waals surface area contributed by atoms with Crippen molar-refractivity contribution in [2.24, 2.45) is 0 Å². The molecule has 0 saturated heterocycles. The van der Waals surface area contributed by atoms with E-state index in [9.17, 15) is 13.2 Å². The van der Waals surface area contributed by atoms with E-state index in [2.05, 4.69) is 9.97 Å². The summed E-state index contributed by atoms with van der Waals surface area (Å²) in [5.41, 5.74) is 5.25. The van der Waals surface area contributed by atoms with E-state index in [4.69, 9.17) is 10.5 Å². The highest BCUT2D eigenvalue weighted by Gasteiger charge is 2.26. The minimum absolute atomic E-state index is 0.0309. The van der Waals surface area contributed by atoms with Gasteiger partial charge >= 0.3 is 6.18 Å². The Morgan fingerprint density at radius 3 is 2.73 bits per heavy atom. The Hall–Kier alpha value is -1.53. The van der Waals surface area contributed by atoms with E-state index in [1.807, 2.05) is 0 Å². The van der Waals surface area contributed by atoms with Gasteiger partial charge in [-0.25, -0.2) is 4.98 Å². The molecule has 0 aliphatic carbocycles. The van der Waals surface area contributed by atoms with Crippen LogP contribution in [0.5, 0.6) is 5.88 Å². The lowest BCUT2D eigenvalue weighted by molar-refractivity contribution is -0.136. The monoisotopic (exact) mass is 221 g/mol. The lowest BCUT2D eigenvalue weighted by atomic mass is 10.3. The highest BCUT2D eigenvalue weighted by Crippen LogP contribution is 2.21. The van der Waals surface area contributed by atoms with E-state index in [0.29, 0.717) is 0 Å². The van der Waals surface area contributed by atoms with Crippen LogP contribution in [0.4, 0.5) is 19.1 Å². The van der Waals surface area contributed by atoms with Crippen molar-refractivity contribution < 1.29 is 17.9 Å². The summed E-state index contributed by atoms with van der Waals surface area (Å²) < 4.78 is 40.2. The van der Waals surface area contributed by atoms with Crippen LogP contribution in [0.15, 0.2) is 12.3 Å². The van der Waals surface area contributed by atoms with Gasteiger partial charge in [0.1, 0.15) is 0 Å². The molecule has 0 aromatic carbocycles. The second kappa shape index (κ2) is 4.81. The highest BCUT2D eigenvalue weighted by molar-refractivity contribution is 5.20. The fourth-order valence-electron chi connectivity index (χ4n) is 0.886. The van der Waals surface area contributed by atoms with Crippen molar-refractivity contribution in [1.29, 1.82) is 0 Å². The summed E-state index contributed by atoms with van der Waals surface area (Å²) in [6.45, 7) is -0.0457. The number of nitrogens with zero attached hydrogens (tertiary/aromatic N) is 2. The van der Waals surface area contributed by atoms with Crippen molar-refractivity contribution in [3.05, 3.63) is 12.3 Å². The zero-order valence-electron chi connectivity index (χ0n) is 7.79. The number of alkyl halides is 3. The molecule has 1 rings (SSSR count). The van der Waals surface area contributed by atoms with Crippen LogP contribution in [0.3, 0.4) is 0 Å². The van der Waals surface area contributed by atoms with Crippen LogP contribution in [0, 0.1) is 0 Å². The van der Waals surface area contributed by atoms with Crippen LogP contribution < -0.4 is 10.5 Å². The van der Waals surface area contributed by atoms with Crippen molar-refractivity contribution >= 4 is 5.95 Å². The predicted octanol–water partition coefficient (Wildman–Crippen LogP) is 1.78. The van der Waals surface area contributed by atoms with Gasteiger partial charge in [-0.2, -0.15) is 18.2 Å². The minimum atomic E-state index is -4.14. The third-order valence-corrected chi connectivity index (χ3v) is 1.50. The number of hydrogen-bond donors (Lipinski definition) is 1. The van der Waals surface area contributed by atoms with E-state index >= 15 is 0 Å². The molecule has 15 heavy (non-hydrogen) atoms. The first-order chi connectivity index (χ1) is 6.97. The molecule has 0 aliphatic heterocycles. The van der Waals surface area contributed by atoms with Gasteiger partial charge in [0.25, 0.3) is 0 Å². The summed E-state index contributed by atoms with van der Waals surface area (Å²) in [4.78, 5) is 7.28. The lowest BCUT2D eigenvalue weighted by Crippen LogP contribution is -2.10. The van der Waals surface area contributed by atoms with E-state index < -0.39 is 12.6 Å². The first kappa shape index (κ1) is 11.5. The number of rotatable bonds is 4. The normalized spacial score (nSPS) is 11.4. The number of nitrogens with two attached hydrogens (primary N) is 1. The first-order valence-corrected chi connectivity index (χ1v) is 4.25. The van der Waals surface area contributed by atoms with E-state index in [1.165, 1.54) is 12.3 Å². The molecule has 0 fully saturated rings. The summed E-state index contributed by atoms with van der Waals surface area (Å²) >= 11 is 0. The zero-order valence-corrected chi connectivity index (χ0v) is 7.79. The Morgan fingerprint density at radius 2 is 2.13 bits per heavy atom. The molecule has 1 aromatic rings. The second-order valence-electron chi connectivity index (χ2n) is 2.82. The van der Waals surface area contributed by atoms with Crippen LogP contribution >= 0.6 is 0 Å². The Bertz CT molecular complexity index is 316. The van der Waals surface area contributed by atoms with E-state index in [1.54, 1.807) is 0 Å². The SMILES string of the molecule is Nc1nccc(OCCCC(F)(F)F)n1. The number of ether oxygens (including phenoxy) is 1. The van der Waals surface area contributed by atoms with Gasteiger partial charge in [0, 0.05) is 18.7 Å². The Morgan fingerprint density at radius 1 is 1.40 bits per heavy atom. The van der Waals surface area contributed by atoms with Crippen molar-refractivity contribution in [3.63, 3.8) is 0 Å². The Kier molecular flexibility index (Phi) is 3.70. The van der Waals surface area contributed by atoms with Crippen LogP contribution in [0.1, 0.15) is 12.8 Å². The summed E-state index contributed by atoms with van der Waals surface area (Å²) in [7, 11) is 0. The maximum Gasteiger partial charge on any atom is 0.389 e. The first-order valence-electron chi connectivity index (χ1n) is 4.25. The molecule has 7 heteroatoms. The third kappa shape index (κ3) is 5.04. The van der Waals surface area contributed by atoms with Crippen LogP contribution in [0.2, 0.25) is 0 Å². The maximum absolute atomic E-state index is 11.7. The predicted molar refractivity (Wildman–Crippen MR) is 47.2 cm³/mol. The standard InChI is InChI=1S/C8H10F3N3O/c9-8(10,11)3-1-5-15-6-2-4-13-7(12)14-6/h2,4H,1,3,5H2,(H2,12,13,14). The average Bonchev–Trinajstić information content (AvgIpc) is 2.11. The molecule has 0 unspecified atom stereocenters. The van der Waals surface area contributed by atoms with Crippen molar-refractivity contribution in [2.75, 3.05) is 12.3 Å². The topological polar surface area (TPSA) is 61.0 Å². The van der Waals surface area contributed by atoms with Gasteiger partial charge in [0.2, 0.25) is 11.8 Å². The van der Waals surface area contributed by atoms with Crippen LogP contribution in [0.25, 0.3) is 0 Å². The number of anilines is 1. The van der Waals surface area contributed by atoms with Gasteiger partial charge in [-0.15, -0.1) is 0 Å². The van der Waals surface area contributed by atoms with Gasteiger partial charge in [0.05, 0.1) is 6.61 Å². The molecule has 0 amide bonds. The zero-order chi connectivity index (χ0) is 11.3. The van der Waals surface area contributed by atoms with Crippen molar-refractivity contribution in [3.8, 4) is 5.88 Å². The van der Waals surface area contributed by atoms with Gasteiger partial charge in [-0.3, -0.25) is 0 Å². The smallest absolute Gasteiger partial charge is 0.389 e. The summed E-state index contributed by atoms with van der Waals surface area (Å²) in [6.07, 6.45) is -3.74. The Balaban J connectivity index is 2.26. The molecule has 0 atom stereocenters. The molecule has 0 bridgehead atoms. The lowest BCUT2D eigenvalue weighted by Gasteiger charge is -2.07. The van der Waals surface area contributed by atoms with Crippen molar-refractivity contribution in [1.82, 2.24) is 9.97 Å². The molecule has 0 saturated carbocycles. The Labute approximate surface area is 84.3 Å². The number of hydrogen-bond acceptors (Lipinski definition) is 4. The molecule has 0 radical (unpaired) electrons. The fourth-order valence-corrected chi connectivity index (χ4v) is 0.886. The molecule has 1 heterocycles. The number of nitrogen functional groups attached to an aromatic ring is 1. The van der Waals surface area contributed by atoms with Crippen LogP contribution in [-0.2, 0) is 0 Å². The van der Waals surface area contributed by atoms with E-state index in [0.717, 1.165) is 0 Å². The largest absolute Gasteiger partial charge is 0.478 e. The molecule has 0 aliphatic rings.